The van der Waals surface area contributed by atoms with E-state index in [1.165, 1.54) is 17.7 Å². The van der Waals surface area contributed by atoms with Gasteiger partial charge in [0.05, 0.1) is 12.7 Å². The quantitative estimate of drug-likeness (QED) is 0.932. The highest BCUT2D eigenvalue weighted by molar-refractivity contribution is 5.85. The van der Waals surface area contributed by atoms with E-state index in [0.29, 0.717) is 18.5 Å². The van der Waals surface area contributed by atoms with Crippen LogP contribution in [0.4, 0.5) is 4.39 Å². The van der Waals surface area contributed by atoms with Gasteiger partial charge in [-0.3, -0.25) is 9.58 Å². The van der Waals surface area contributed by atoms with Crippen molar-refractivity contribution in [1.29, 1.82) is 0 Å². The van der Waals surface area contributed by atoms with Crippen LogP contribution >= 0.6 is 12.4 Å². The summed E-state index contributed by atoms with van der Waals surface area (Å²) >= 11 is 0. The first-order valence-electron chi connectivity index (χ1n) is 7.84. The van der Waals surface area contributed by atoms with Crippen molar-refractivity contribution in [2.45, 2.75) is 32.5 Å². The highest BCUT2D eigenvalue weighted by atomic mass is 35.5. The van der Waals surface area contributed by atoms with E-state index in [-0.39, 0.29) is 18.2 Å². The number of halogens is 2. The zero-order valence-electron chi connectivity index (χ0n) is 13.4. The maximum Gasteiger partial charge on any atom is 0.123 e. The van der Waals surface area contributed by atoms with E-state index in [0.717, 1.165) is 31.6 Å². The average Bonchev–Trinajstić information content (AvgIpc) is 2.93. The summed E-state index contributed by atoms with van der Waals surface area (Å²) in [5.41, 5.74) is 8.33. The minimum Gasteiger partial charge on any atom is -0.327 e. The van der Waals surface area contributed by atoms with E-state index in [1.54, 1.807) is 12.1 Å². The molecule has 0 amide bonds. The fourth-order valence-electron chi connectivity index (χ4n) is 3.00. The molecule has 23 heavy (non-hydrogen) atoms. The molecule has 0 saturated carbocycles. The van der Waals surface area contributed by atoms with Gasteiger partial charge in [0.15, 0.2) is 0 Å². The van der Waals surface area contributed by atoms with Gasteiger partial charge in [0.25, 0.3) is 0 Å². The van der Waals surface area contributed by atoms with Crippen molar-refractivity contribution in [2.75, 3.05) is 13.1 Å². The second kappa shape index (κ2) is 7.90. The lowest BCUT2D eigenvalue weighted by atomic mass is 9.95. The fraction of sp³-hybridized carbons (Fsp3) is 0.471. The molecule has 1 aliphatic rings. The Labute approximate surface area is 142 Å². The second-order valence-electron chi connectivity index (χ2n) is 6.34. The van der Waals surface area contributed by atoms with Crippen molar-refractivity contribution in [1.82, 2.24) is 14.7 Å². The monoisotopic (exact) mass is 338 g/mol. The summed E-state index contributed by atoms with van der Waals surface area (Å²) in [5.74, 6) is 0.338. The molecule has 3 rings (SSSR count). The molecule has 4 nitrogen and oxygen atoms in total. The molecule has 1 aliphatic heterocycles. The largest absolute Gasteiger partial charge is 0.327 e. The molecule has 6 heteroatoms. The number of nitrogens with two attached hydrogens (primary N) is 1. The Balaban J connectivity index is 0.00000192. The molecule has 2 atom stereocenters. The summed E-state index contributed by atoms with van der Waals surface area (Å²) in [6.07, 6.45) is 5.05. The molecule has 2 heterocycles. The van der Waals surface area contributed by atoms with Crippen molar-refractivity contribution in [3.05, 3.63) is 53.6 Å². The fourth-order valence-corrected chi connectivity index (χ4v) is 3.00. The van der Waals surface area contributed by atoms with Crippen LogP contribution in [-0.4, -0.2) is 33.8 Å². The number of benzene rings is 1. The second-order valence-corrected chi connectivity index (χ2v) is 6.34. The Bertz CT molecular complexity index is 613. The molecule has 0 aliphatic carbocycles. The Hall–Kier alpha value is -1.43. The highest BCUT2D eigenvalue weighted by Gasteiger charge is 2.23. The zero-order chi connectivity index (χ0) is 15.5. The van der Waals surface area contributed by atoms with Gasteiger partial charge in [-0.2, -0.15) is 5.10 Å². The number of nitrogens with zero attached hydrogens (tertiary/aromatic N) is 3. The average molecular weight is 339 g/mol. The van der Waals surface area contributed by atoms with Gasteiger partial charge in [-0.25, -0.2) is 4.39 Å². The van der Waals surface area contributed by atoms with E-state index in [2.05, 4.69) is 23.1 Å². The smallest absolute Gasteiger partial charge is 0.123 e. The molecule has 0 radical (unpaired) electrons. The summed E-state index contributed by atoms with van der Waals surface area (Å²) in [6.45, 7) is 5.90. The van der Waals surface area contributed by atoms with Crippen molar-refractivity contribution in [3.8, 4) is 0 Å². The van der Waals surface area contributed by atoms with E-state index >= 15 is 0 Å². The standard InChI is InChI=1S/C17H23FN4.ClH/c1-13-9-21(7-6-17(13)19)10-15-8-20-22(12-15)11-14-2-4-16(18)5-3-14;/h2-5,8,12-13,17H,6-7,9-11,19H2,1H3;1H. The number of likely N-dealkylation sites (tertiary alicyclic amines) is 1. The molecule has 0 spiro atoms. The maximum atomic E-state index is 12.9. The molecule has 1 aromatic carbocycles. The molecule has 2 N–H and O–H groups in total. The van der Waals surface area contributed by atoms with Crippen molar-refractivity contribution in [2.24, 2.45) is 11.7 Å². The van der Waals surface area contributed by atoms with Crippen LogP contribution in [0.5, 0.6) is 0 Å². The van der Waals surface area contributed by atoms with Crippen LogP contribution in [0.15, 0.2) is 36.7 Å². The molecule has 0 bridgehead atoms. The van der Waals surface area contributed by atoms with Crippen LogP contribution in [0.1, 0.15) is 24.5 Å². The first-order valence-corrected chi connectivity index (χ1v) is 7.84. The Morgan fingerprint density at radius 1 is 1.22 bits per heavy atom. The topological polar surface area (TPSA) is 47.1 Å². The molecule has 1 aromatic heterocycles. The summed E-state index contributed by atoms with van der Waals surface area (Å²) in [4.78, 5) is 2.44. The van der Waals surface area contributed by atoms with Gasteiger partial charge in [-0.1, -0.05) is 19.1 Å². The zero-order valence-corrected chi connectivity index (χ0v) is 14.2. The molecular weight excluding hydrogens is 315 g/mol. The lowest BCUT2D eigenvalue weighted by Gasteiger charge is -2.34. The third-order valence-corrected chi connectivity index (χ3v) is 4.41. The summed E-state index contributed by atoms with van der Waals surface area (Å²) in [7, 11) is 0. The third kappa shape index (κ3) is 4.77. The summed E-state index contributed by atoms with van der Waals surface area (Å²) in [5, 5.41) is 4.40. The third-order valence-electron chi connectivity index (χ3n) is 4.41. The molecule has 2 unspecified atom stereocenters. The lowest BCUT2D eigenvalue weighted by Crippen LogP contribution is -2.45. The van der Waals surface area contributed by atoms with E-state index in [1.807, 2.05) is 10.9 Å². The predicted octanol–water partition coefficient (Wildman–Crippen LogP) is 2.66. The van der Waals surface area contributed by atoms with Crippen LogP contribution in [0, 0.1) is 11.7 Å². The van der Waals surface area contributed by atoms with Crippen LogP contribution in [0.3, 0.4) is 0 Å². The molecule has 126 valence electrons. The minimum atomic E-state index is -0.206. The van der Waals surface area contributed by atoms with Gasteiger partial charge in [-0.05, 0) is 36.6 Å². The predicted molar refractivity (Wildman–Crippen MR) is 92.0 cm³/mol. The minimum absolute atomic E-state index is 0. The van der Waals surface area contributed by atoms with Gasteiger partial charge in [0.2, 0.25) is 0 Å². The number of hydrogen-bond donors (Lipinski definition) is 1. The maximum absolute atomic E-state index is 12.9. The van der Waals surface area contributed by atoms with Crippen molar-refractivity contribution in [3.63, 3.8) is 0 Å². The first kappa shape index (κ1) is 17.9. The van der Waals surface area contributed by atoms with E-state index in [4.69, 9.17) is 5.73 Å². The number of hydrogen-bond acceptors (Lipinski definition) is 3. The lowest BCUT2D eigenvalue weighted by molar-refractivity contribution is 0.158. The first-order chi connectivity index (χ1) is 10.6. The molecular formula is C17H24ClFN4. The van der Waals surface area contributed by atoms with Gasteiger partial charge in [0.1, 0.15) is 5.82 Å². The number of aromatic nitrogens is 2. The molecule has 2 aromatic rings. The van der Waals surface area contributed by atoms with Gasteiger partial charge in [0, 0.05) is 30.9 Å². The van der Waals surface area contributed by atoms with Crippen LogP contribution < -0.4 is 5.73 Å². The van der Waals surface area contributed by atoms with Gasteiger partial charge >= 0.3 is 0 Å². The SMILES string of the molecule is CC1CN(Cc2cnn(Cc3ccc(F)cc3)c2)CCC1N.Cl. The number of piperidine rings is 1. The number of rotatable bonds is 4. The van der Waals surface area contributed by atoms with Crippen LogP contribution in [0.25, 0.3) is 0 Å². The molecule has 1 fully saturated rings. The Morgan fingerprint density at radius 2 is 1.96 bits per heavy atom. The normalized spacial score (nSPS) is 21.9. The Kier molecular flexibility index (Phi) is 6.16. The summed E-state index contributed by atoms with van der Waals surface area (Å²) < 4.78 is 14.8. The van der Waals surface area contributed by atoms with Gasteiger partial charge in [-0.15, -0.1) is 12.4 Å². The summed E-state index contributed by atoms with van der Waals surface area (Å²) in [6, 6.07) is 6.89. The van der Waals surface area contributed by atoms with Crippen molar-refractivity contribution < 1.29 is 4.39 Å². The van der Waals surface area contributed by atoms with Crippen LogP contribution in [-0.2, 0) is 13.1 Å². The van der Waals surface area contributed by atoms with E-state index < -0.39 is 0 Å². The van der Waals surface area contributed by atoms with Gasteiger partial charge < -0.3 is 5.73 Å². The van der Waals surface area contributed by atoms with E-state index in [9.17, 15) is 4.39 Å². The van der Waals surface area contributed by atoms with Crippen LogP contribution in [0.2, 0.25) is 0 Å². The highest BCUT2D eigenvalue weighted by Crippen LogP contribution is 2.17. The Morgan fingerprint density at radius 3 is 2.65 bits per heavy atom. The van der Waals surface area contributed by atoms with Crippen molar-refractivity contribution >= 4 is 12.4 Å². The molecule has 1 saturated heterocycles.